The minimum absolute atomic E-state index is 0.0985. The van der Waals surface area contributed by atoms with Gasteiger partial charge in [0.1, 0.15) is 11.9 Å². The molecule has 0 amide bonds. The molecule has 100 valence electrons. The smallest absolute Gasteiger partial charge is 0.328 e. The fourth-order valence-electron chi connectivity index (χ4n) is 3.03. The highest BCUT2D eigenvalue weighted by atomic mass is 19.1. The van der Waals surface area contributed by atoms with Crippen LogP contribution in [0.5, 0.6) is 0 Å². The minimum Gasteiger partial charge on any atom is -0.464 e. The number of carbonyl (C=O) groups excluding carboxylic acids is 1. The quantitative estimate of drug-likeness (QED) is 0.657. The van der Waals surface area contributed by atoms with Crippen LogP contribution >= 0.6 is 0 Å². The first-order valence-electron chi connectivity index (χ1n) is 6.60. The highest BCUT2D eigenvalue weighted by Crippen LogP contribution is 2.44. The van der Waals surface area contributed by atoms with Crippen molar-refractivity contribution < 1.29 is 13.9 Å². The Hall–Kier alpha value is -1.84. The van der Waals surface area contributed by atoms with Gasteiger partial charge in [0.05, 0.1) is 6.61 Å². The maximum atomic E-state index is 13.4. The third kappa shape index (κ3) is 2.01. The fraction of sp³-hybridized carbons (Fsp3) is 0.400. The third-order valence-corrected chi connectivity index (χ3v) is 3.87. The van der Waals surface area contributed by atoms with Gasteiger partial charge < -0.3 is 10.1 Å². The largest absolute Gasteiger partial charge is 0.464 e. The maximum Gasteiger partial charge on any atom is 0.328 e. The van der Waals surface area contributed by atoms with Crippen LogP contribution in [-0.2, 0) is 9.53 Å². The summed E-state index contributed by atoms with van der Waals surface area (Å²) in [4.78, 5) is 12.0. The zero-order valence-electron chi connectivity index (χ0n) is 10.7. The van der Waals surface area contributed by atoms with Crippen molar-refractivity contribution in [2.24, 2.45) is 5.92 Å². The fourth-order valence-corrected chi connectivity index (χ4v) is 3.03. The second kappa shape index (κ2) is 4.68. The molecule has 0 spiro atoms. The van der Waals surface area contributed by atoms with Crippen LogP contribution < -0.4 is 5.32 Å². The standard InChI is InChI=1S/C15H16FNO2/c1-2-19-15(18)14-11-5-3-4-10(11)12-8-9(16)6-7-13(12)17-14/h3-4,6-8,10-11,14,17H,2,5H2,1H3. The molecule has 0 fully saturated rings. The highest BCUT2D eigenvalue weighted by molar-refractivity contribution is 5.82. The van der Waals surface area contributed by atoms with Crippen molar-refractivity contribution in [1.82, 2.24) is 0 Å². The molecule has 2 aliphatic rings. The molecule has 1 aliphatic heterocycles. The molecule has 0 aromatic heterocycles. The van der Waals surface area contributed by atoms with Gasteiger partial charge in [0, 0.05) is 17.5 Å². The molecule has 0 radical (unpaired) electrons. The van der Waals surface area contributed by atoms with Gasteiger partial charge in [0.15, 0.2) is 0 Å². The van der Waals surface area contributed by atoms with Crippen LogP contribution in [0, 0.1) is 11.7 Å². The summed E-state index contributed by atoms with van der Waals surface area (Å²) in [5, 5.41) is 3.20. The van der Waals surface area contributed by atoms with Gasteiger partial charge in [-0.25, -0.2) is 9.18 Å². The summed E-state index contributed by atoms with van der Waals surface area (Å²) in [6.45, 7) is 2.17. The summed E-state index contributed by atoms with van der Waals surface area (Å²) < 4.78 is 18.5. The van der Waals surface area contributed by atoms with Gasteiger partial charge in [-0.05, 0) is 37.1 Å². The van der Waals surface area contributed by atoms with E-state index in [1.54, 1.807) is 19.1 Å². The average molecular weight is 261 g/mol. The van der Waals surface area contributed by atoms with E-state index < -0.39 is 0 Å². The number of carbonyl (C=O) groups is 1. The topological polar surface area (TPSA) is 38.3 Å². The van der Waals surface area contributed by atoms with E-state index in [1.165, 1.54) is 6.07 Å². The van der Waals surface area contributed by atoms with Crippen molar-refractivity contribution in [3.8, 4) is 0 Å². The zero-order valence-corrected chi connectivity index (χ0v) is 10.7. The zero-order chi connectivity index (χ0) is 13.4. The van der Waals surface area contributed by atoms with Gasteiger partial charge in [0.25, 0.3) is 0 Å². The first-order valence-corrected chi connectivity index (χ1v) is 6.60. The minimum atomic E-state index is -0.349. The Morgan fingerprint density at radius 3 is 3.16 bits per heavy atom. The van der Waals surface area contributed by atoms with Gasteiger partial charge in [0.2, 0.25) is 0 Å². The van der Waals surface area contributed by atoms with Gasteiger partial charge in [-0.3, -0.25) is 0 Å². The number of nitrogens with one attached hydrogen (secondary N) is 1. The van der Waals surface area contributed by atoms with Crippen LogP contribution in [0.4, 0.5) is 10.1 Å². The molecule has 1 heterocycles. The number of ether oxygens (including phenoxy) is 1. The SMILES string of the molecule is CCOC(=O)C1Nc2ccc(F)cc2C2C=CCC12. The first-order chi connectivity index (χ1) is 9.20. The van der Waals surface area contributed by atoms with Crippen molar-refractivity contribution >= 4 is 11.7 Å². The molecular weight excluding hydrogens is 245 g/mol. The summed E-state index contributed by atoms with van der Waals surface area (Å²) in [6, 6.07) is 4.31. The lowest BCUT2D eigenvalue weighted by Crippen LogP contribution is -2.43. The van der Waals surface area contributed by atoms with E-state index in [0.717, 1.165) is 17.7 Å². The molecule has 4 heteroatoms. The first kappa shape index (κ1) is 12.2. The monoisotopic (exact) mass is 261 g/mol. The van der Waals surface area contributed by atoms with Crippen molar-refractivity contribution in [2.45, 2.75) is 25.3 Å². The molecule has 0 bridgehead atoms. The molecule has 1 N–H and O–H groups in total. The number of rotatable bonds is 2. The Kier molecular flexibility index (Phi) is 3.01. The van der Waals surface area contributed by atoms with E-state index in [2.05, 4.69) is 17.5 Å². The van der Waals surface area contributed by atoms with E-state index in [0.29, 0.717) is 6.61 Å². The van der Waals surface area contributed by atoms with E-state index in [9.17, 15) is 9.18 Å². The molecule has 1 aromatic carbocycles. The Labute approximate surface area is 111 Å². The molecule has 1 aromatic rings. The second-order valence-electron chi connectivity index (χ2n) is 4.96. The van der Waals surface area contributed by atoms with Crippen LogP contribution in [-0.4, -0.2) is 18.6 Å². The molecule has 3 nitrogen and oxygen atoms in total. The number of hydrogen-bond acceptors (Lipinski definition) is 3. The van der Waals surface area contributed by atoms with Crippen LogP contribution in [0.15, 0.2) is 30.4 Å². The molecule has 3 unspecified atom stereocenters. The van der Waals surface area contributed by atoms with Crippen molar-refractivity contribution in [3.63, 3.8) is 0 Å². The number of anilines is 1. The summed E-state index contributed by atoms with van der Waals surface area (Å²) in [6.07, 6.45) is 4.94. The van der Waals surface area contributed by atoms with E-state index >= 15 is 0 Å². The Bertz CT molecular complexity index is 541. The van der Waals surface area contributed by atoms with Crippen LogP contribution in [0.25, 0.3) is 0 Å². The molecule has 1 aliphatic carbocycles. The average Bonchev–Trinajstić information content (AvgIpc) is 2.87. The number of benzene rings is 1. The highest BCUT2D eigenvalue weighted by Gasteiger charge is 2.41. The Balaban J connectivity index is 1.97. The number of allylic oxidation sites excluding steroid dienone is 2. The summed E-state index contributed by atoms with van der Waals surface area (Å²) in [5.41, 5.74) is 1.76. The molecule has 0 saturated carbocycles. The summed E-state index contributed by atoms with van der Waals surface area (Å²) in [7, 11) is 0. The van der Waals surface area contributed by atoms with Crippen LogP contribution in [0.1, 0.15) is 24.8 Å². The summed E-state index contributed by atoms with van der Waals surface area (Å²) in [5.74, 6) is -0.250. The molecular formula is C15H16FNO2. The Morgan fingerprint density at radius 1 is 1.53 bits per heavy atom. The number of hydrogen-bond donors (Lipinski definition) is 1. The predicted octanol–water partition coefficient (Wildman–Crippen LogP) is 2.84. The molecule has 19 heavy (non-hydrogen) atoms. The molecule has 3 atom stereocenters. The van der Waals surface area contributed by atoms with Gasteiger partial charge in [-0.2, -0.15) is 0 Å². The lowest BCUT2D eigenvalue weighted by molar-refractivity contribution is -0.145. The van der Waals surface area contributed by atoms with Crippen LogP contribution in [0.3, 0.4) is 0 Å². The van der Waals surface area contributed by atoms with Gasteiger partial charge >= 0.3 is 5.97 Å². The van der Waals surface area contributed by atoms with E-state index in [-0.39, 0.29) is 29.7 Å². The number of esters is 1. The van der Waals surface area contributed by atoms with Crippen molar-refractivity contribution in [2.75, 3.05) is 11.9 Å². The lowest BCUT2D eigenvalue weighted by Gasteiger charge is -2.35. The predicted molar refractivity (Wildman–Crippen MR) is 70.4 cm³/mol. The summed E-state index contributed by atoms with van der Waals surface area (Å²) >= 11 is 0. The van der Waals surface area contributed by atoms with Gasteiger partial charge in [-0.15, -0.1) is 0 Å². The Morgan fingerprint density at radius 2 is 2.37 bits per heavy atom. The van der Waals surface area contributed by atoms with Crippen LogP contribution in [0.2, 0.25) is 0 Å². The second-order valence-corrected chi connectivity index (χ2v) is 4.96. The lowest BCUT2D eigenvalue weighted by atomic mass is 9.79. The van der Waals surface area contributed by atoms with Crippen molar-refractivity contribution in [1.29, 1.82) is 0 Å². The van der Waals surface area contributed by atoms with E-state index in [1.807, 2.05) is 0 Å². The number of fused-ring (bicyclic) bond motifs is 3. The molecule has 0 saturated heterocycles. The maximum absolute atomic E-state index is 13.4. The van der Waals surface area contributed by atoms with E-state index in [4.69, 9.17) is 4.74 Å². The number of halogens is 1. The normalized spacial score (nSPS) is 27.4. The third-order valence-electron chi connectivity index (χ3n) is 3.87. The van der Waals surface area contributed by atoms with Gasteiger partial charge in [-0.1, -0.05) is 12.2 Å². The van der Waals surface area contributed by atoms with Crippen molar-refractivity contribution in [3.05, 3.63) is 41.7 Å². The molecule has 3 rings (SSSR count).